The van der Waals surface area contributed by atoms with Crippen molar-refractivity contribution in [1.82, 2.24) is 0 Å². The first-order chi connectivity index (χ1) is 9.56. The molecular weight excluding hydrogens is 270 g/mol. The largest absolute Gasteiger partial charge is 0.326 e. The first-order valence-corrected chi connectivity index (χ1v) is 7.05. The van der Waals surface area contributed by atoms with Crippen LogP contribution in [0.1, 0.15) is 30.4 Å². The maximum atomic E-state index is 12.0. The number of amides is 1. The van der Waals surface area contributed by atoms with Crippen molar-refractivity contribution in [3.63, 3.8) is 0 Å². The molecular formula is C17H18ClNO. The van der Waals surface area contributed by atoms with Gasteiger partial charge in [-0.1, -0.05) is 54.9 Å². The summed E-state index contributed by atoms with van der Waals surface area (Å²) < 4.78 is 0. The Morgan fingerprint density at radius 2 is 1.90 bits per heavy atom. The normalized spacial score (nSPS) is 11.9. The second kappa shape index (κ2) is 6.58. The van der Waals surface area contributed by atoms with E-state index in [4.69, 9.17) is 11.6 Å². The van der Waals surface area contributed by atoms with Crippen molar-refractivity contribution in [2.24, 2.45) is 0 Å². The molecule has 0 fully saturated rings. The van der Waals surface area contributed by atoms with Crippen molar-refractivity contribution in [1.29, 1.82) is 0 Å². The van der Waals surface area contributed by atoms with Crippen molar-refractivity contribution >= 4 is 23.2 Å². The van der Waals surface area contributed by atoms with Crippen LogP contribution in [0.2, 0.25) is 5.02 Å². The van der Waals surface area contributed by atoms with Gasteiger partial charge in [0, 0.05) is 17.1 Å². The molecule has 1 amide bonds. The summed E-state index contributed by atoms with van der Waals surface area (Å²) in [4.78, 5) is 12.0. The molecule has 0 saturated carbocycles. The monoisotopic (exact) mass is 287 g/mol. The minimum Gasteiger partial charge on any atom is -0.326 e. The van der Waals surface area contributed by atoms with Gasteiger partial charge in [-0.05, 0) is 36.1 Å². The van der Waals surface area contributed by atoms with Gasteiger partial charge in [-0.2, -0.15) is 0 Å². The molecule has 0 bridgehead atoms. The zero-order valence-corrected chi connectivity index (χ0v) is 12.4. The highest BCUT2D eigenvalue weighted by atomic mass is 35.5. The molecule has 2 aromatic carbocycles. The van der Waals surface area contributed by atoms with Gasteiger partial charge in [0.1, 0.15) is 0 Å². The molecule has 20 heavy (non-hydrogen) atoms. The molecule has 0 aliphatic rings. The van der Waals surface area contributed by atoms with Gasteiger partial charge in [0.25, 0.3) is 0 Å². The topological polar surface area (TPSA) is 29.1 Å². The van der Waals surface area contributed by atoms with Crippen LogP contribution in [0.15, 0.2) is 48.5 Å². The third-order valence-corrected chi connectivity index (χ3v) is 3.72. The fourth-order valence-corrected chi connectivity index (χ4v) is 2.24. The van der Waals surface area contributed by atoms with Gasteiger partial charge in [0.05, 0.1) is 0 Å². The lowest BCUT2D eigenvalue weighted by molar-refractivity contribution is -0.116. The predicted molar refractivity (Wildman–Crippen MR) is 84.3 cm³/mol. The second-order valence-electron chi connectivity index (χ2n) is 5.03. The Morgan fingerprint density at radius 3 is 2.55 bits per heavy atom. The average molecular weight is 288 g/mol. The molecule has 3 heteroatoms. The maximum Gasteiger partial charge on any atom is 0.224 e. The van der Waals surface area contributed by atoms with Crippen molar-refractivity contribution in [3.05, 3.63) is 64.7 Å². The van der Waals surface area contributed by atoms with Crippen molar-refractivity contribution < 1.29 is 4.79 Å². The Kier molecular flexibility index (Phi) is 4.80. The Hall–Kier alpha value is -1.80. The van der Waals surface area contributed by atoms with E-state index in [0.717, 1.165) is 11.3 Å². The number of benzene rings is 2. The third kappa shape index (κ3) is 3.84. The SMILES string of the molecule is Cc1ccc(NC(=O)C[C@H](C)c2ccccc2)cc1Cl. The van der Waals surface area contributed by atoms with Crippen LogP contribution in [0.4, 0.5) is 5.69 Å². The molecule has 0 radical (unpaired) electrons. The molecule has 2 rings (SSSR count). The minimum absolute atomic E-state index is 0.00118. The van der Waals surface area contributed by atoms with Crippen LogP contribution < -0.4 is 5.32 Å². The van der Waals surface area contributed by atoms with Gasteiger partial charge in [-0.15, -0.1) is 0 Å². The number of hydrogen-bond donors (Lipinski definition) is 1. The standard InChI is InChI=1S/C17H18ClNO/c1-12-8-9-15(11-16(12)18)19-17(20)10-13(2)14-6-4-3-5-7-14/h3-9,11,13H,10H2,1-2H3,(H,19,20)/t13-/m0/s1. The lowest BCUT2D eigenvalue weighted by Gasteiger charge is -2.12. The molecule has 0 spiro atoms. The number of carbonyl (C=O) groups is 1. The number of halogens is 1. The average Bonchev–Trinajstić information content (AvgIpc) is 2.44. The van der Waals surface area contributed by atoms with Gasteiger partial charge in [0.15, 0.2) is 0 Å². The lowest BCUT2D eigenvalue weighted by atomic mass is 9.97. The van der Waals surface area contributed by atoms with Gasteiger partial charge < -0.3 is 5.32 Å². The Balaban J connectivity index is 1.97. The molecule has 0 heterocycles. The molecule has 1 atom stereocenters. The van der Waals surface area contributed by atoms with Crippen LogP contribution in [-0.2, 0) is 4.79 Å². The quantitative estimate of drug-likeness (QED) is 0.861. The van der Waals surface area contributed by atoms with E-state index in [9.17, 15) is 4.79 Å². The Morgan fingerprint density at radius 1 is 1.20 bits per heavy atom. The smallest absolute Gasteiger partial charge is 0.224 e. The molecule has 0 aromatic heterocycles. The highest BCUT2D eigenvalue weighted by Crippen LogP contribution is 2.22. The summed E-state index contributed by atoms with van der Waals surface area (Å²) in [6.45, 7) is 3.99. The summed E-state index contributed by atoms with van der Waals surface area (Å²) in [5.74, 6) is 0.193. The first kappa shape index (κ1) is 14.6. The molecule has 0 aliphatic carbocycles. The van der Waals surface area contributed by atoms with Crippen LogP contribution in [0, 0.1) is 6.92 Å². The van der Waals surface area contributed by atoms with Crippen LogP contribution in [0.25, 0.3) is 0 Å². The highest BCUT2D eigenvalue weighted by Gasteiger charge is 2.11. The molecule has 2 nitrogen and oxygen atoms in total. The number of hydrogen-bond acceptors (Lipinski definition) is 1. The van der Waals surface area contributed by atoms with E-state index in [2.05, 4.69) is 12.2 Å². The maximum absolute atomic E-state index is 12.0. The van der Waals surface area contributed by atoms with Gasteiger partial charge in [-0.3, -0.25) is 4.79 Å². The summed E-state index contributed by atoms with van der Waals surface area (Å²) in [6, 6.07) is 15.6. The molecule has 1 N–H and O–H groups in total. The van der Waals surface area contributed by atoms with Crippen LogP contribution >= 0.6 is 11.6 Å². The number of rotatable bonds is 4. The summed E-state index contributed by atoms with van der Waals surface area (Å²) in [5.41, 5.74) is 2.91. The highest BCUT2D eigenvalue weighted by molar-refractivity contribution is 6.31. The van der Waals surface area contributed by atoms with E-state index in [1.807, 2.05) is 49.4 Å². The first-order valence-electron chi connectivity index (χ1n) is 6.67. The van der Waals surface area contributed by atoms with Crippen molar-refractivity contribution in [2.75, 3.05) is 5.32 Å². The molecule has 0 saturated heterocycles. The number of carbonyl (C=O) groups excluding carboxylic acids is 1. The van der Waals surface area contributed by atoms with Crippen molar-refractivity contribution in [3.8, 4) is 0 Å². The summed E-state index contributed by atoms with van der Waals surface area (Å²) in [6.07, 6.45) is 0.454. The van der Waals surface area contributed by atoms with E-state index in [-0.39, 0.29) is 11.8 Å². The zero-order chi connectivity index (χ0) is 14.5. The summed E-state index contributed by atoms with van der Waals surface area (Å²) in [7, 11) is 0. The van der Waals surface area contributed by atoms with Gasteiger partial charge in [0.2, 0.25) is 5.91 Å². The summed E-state index contributed by atoms with van der Waals surface area (Å²) >= 11 is 6.05. The van der Waals surface area contributed by atoms with Gasteiger partial charge in [-0.25, -0.2) is 0 Å². The molecule has 0 aliphatic heterocycles. The van der Waals surface area contributed by atoms with E-state index in [0.29, 0.717) is 11.4 Å². The fourth-order valence-electron chi connectivity index (χ4n) is 2.06. The van der Waals surface area contributed by atoms with Crippen molar-refractivity contribution in [2.45, 2.75) is 26.2 Å². The number of nitrogens with one attached hydrogen (secondary N) is 1. The third-order valence-electron chi connectivity index (χ3n) is 3.32. The predicted octanol–water partition coefficient (Wildman–Crippen LogP) is 4.78. The van der Waals surface area contributed by atoms with E-state index < -0.39 is 0 Å². The van der Waals surface area contributed by atoms with E-state index >= 15 is 0 Å². The second-order valence-corrected chi connectivity index (χ2v) is 5.44. The van der Waals surface area contributed by atoms with Crippen LogP contribution in [0.5, 0.6) is 0 Å². The minimum atomic E-state index is 0.00118. The Labute approximate surface area is 124 Å². The zero-order valence-electron chi connectivity index (χ0n) is 11.7. The van der Waals surface area contributed by atoms with Gasteiger partial charge >= 0.3 is 0 Å². The number of aryl methyl sites for hydroxylation is 1. The van der Waals surface area contributed by atoms with Crippen LogP contribution in [0.3, 0.4) is 0 Å². The molecule has 104 valence electrons. The molecule has 0 unspecified atom stereocenters. The van der Waals surface area contributed by atoms with E-state index in [1.54, 1.807) is 6.07 Å². The Bertz CT molecular complexity index is 595. The van der Waals surface area contributed by atoms with Crippen LogP contribution in [-0.4, -0.2) is 5.91 Å². The van der Waals surface area contributed by atoms with E-state index in [1.165, 1.54) is 5.56 Å². The fraction of sp³-hybridized carbons (Fsp3) is 0.235. The summed E-state index contributed by atoms with van der Waals surface area (Å²) in [5, 5.41) is 3.55. The number of anilines is 1. The molecule has 2 aromatic rings. The lowest BCUT2D eigenvalue weighted by Crippen LogP contribution is -2.14.